The Morgan fingerprint density at radius 2 is 1.94 bits per heavy atom. The van der Waals surface area contributed by atoms with Crippen LogP contribution in [0.15, 0.2) is 24.0 Å². The van der Waals surface area contributed by atoms with Crippen molar-refractivity contribution in [1.29, 1.82) is 0 Å². The third kappa shape index (κ3) is 3.25. The minimum absolute atomic E-state index is 0.127. The lowest BCUT2D eigenvalue weighted by Crippen LogP contribution is -2.40. The van der Waals surface area contributed by atoms with Gasteiger partial charge in [-0.25, -0.2) is 29.3 Å². The molecule has 0 saturated heterocycles. The van der Waals surface area contributed by atoms with Crippen LogP contribution in [-0.4, -0.2) is 35.9 Å². The molecule has 2 N–H and O–H groups in total. The largest absolute Gasteiger partial charge is 0.364 e. The first-order chi connectivity index (χ1) is 15.2. The second-order valence-corrected chi connectivity index (χ2v) is 9.15. The van der Waals surface area contributed by atoms with Crippen LogP contribution in [0.1, 0.15) is 32.1 Å². The fourth-order valence-electron chi connectivity index (χ4n) is 4.92. The molecule has 0 aromatic carbocycles. The van der Waals surface area contributed by atoms with E-state index >= 15 is 4.39 Å². The maximum absolute atomic E-state index is 15.5. The Morgan fingerprint density at radius 3 is 2.68 bits per heavy atom. The lowest BCUT2D eigenvalue weighted by Gasteiger charge is -2.42. The first-order valence-corrected chi connectivity index (χ1v) is 11.3. The molecule has 158 valence electrons. The van der Waals surface area contributed by atoms with E-state index in [1.165, 1.54) is 37.0 Å². The quantitative estimate of drug-likeness (QED) is 0.474. The van der Waals surface area contributed by atoms with Gasteiger partial charge < -0.3 is 10.3 Å². The van der Waals surface area contributed by atoms with Gasteiger partial charge in [0.15, 0.2) is 23.1 Å². The van der Waals surface area contributed by atoms with Crippen molar-refractivity contribution in [2.45, 2.75) is 38.1 Å². The number of halogens is 2. The molecule has 3 saturated carbocycles. The van der Waals surface area contributed by atoms with Gasteiger partial charge in [0.25, 0.3) is 0 Å². The van der Waals surface area contributed by atoms with Gasteiger partial charge in [-0.1, -0.05) is 12.8 Å². The molecule has 10 heteroatoms. The van der Waals surface area contributed by atoms with E-state index in [0.29, 0.717) is 33.6 Å². The van der Waals surface area contributed by atoms with Crippen LogP contribution < -0.4 is 5.32 Å². The Morgan fingerprint density at radius 1 is 1.06 bits per heavy atom. The number of fused-ring (bicyclic) bond motifs is 4. The van der Waals surface area contributed by atoms with Gasteiger partial charge in [-0.3, -0.25) is 0 Å². The van der Waals surface area contributed by atoms with Crippen LogP contribution in [0, 0.1) is 23.6 Å². The van der Waals surface area contributed by atoms with Gasteiger partial charge in [0.2, 0.25) is 5.95 Å². The summed E-state index contributed by atoms with van der Waals surface area (Å²) in [5.74, 6) is 0.411. The molecule has 3 aliphatic carbocycles. The number of nitrogens with zero attached hydrogens (tertiary/aromatic N) is 5. The molecular formula is C21H19F2N7S. The van der Waals surface area contributed by atoms with Crippen LogP contribution in [0.2, 0.25) is 0 Å². The molecule has 7 rings (SSSR count). The molecule has 0 aliphatic heterocycles. The maximum atomic E-state index is 15.5. The summed E-state index contributed by atoms with van der Waals surface area (Å²) in [6, 6.07) is 0.189. The molecule has 4 heterocycles. The monoisotopic (exact) mass is 439 g/mol. The highest BCUT2D eigenvalue weighted by molar-refractivity contribution is 7.13. The standard InChI is InChI=1S/C21H19F2N7S/c22-14-9-26-20-16(28-14)12(8-25-20)18-29-17(21-24-5-6-31-21)15(23)19(30-18)27-13-7-10-1-3-11(13)4-2-10/h5-6,8-11,13H,1-4,7H2,(H,25,26)(H,27,29,30)/t10?,11?,13-/m1/s1. The Hall–Kier alpha value is -3.01. The van der Waals surface area contributed by atoms with E-state index in [1.54, 1.807) is 17.8 Å². The van der Waals surface area contributed by atoms with E-state index in [-0.39, 0.29) is 23.4 Å². The summed E-state index contributed by atoms with van der Waals surface area (Å²) in [5, 5.41) is 5.61. The molecule has 1 atom stereocenters. The maximum Gasteiger partial charge on any atom is 0.232 e. The second kappa shape index (κ2) is 7.30. The van der Waals surface area contributed by atoms with Crippen molar-refractivity contribution in [2.24, 2.45) is 11.8 Å². The zero-order valence-electron chi connectivity index (χ0n) is 16.5. The lowest BCUT2D eigenvalue weighted by atomic mass is 9.68. The molecule has 4 aromatic heterocycles. The molecule has 4 aromatic rings. The molecule has 31 heavy (non-hydrogen) atoms. The normalized spacial score (nSPS) is 22.8. The molecule has 0 amide bonds. The van der Waals surface area contributed by atoms with Crippen molar-refractivity contribution in [3.63, 3.8) is 0 Å². The number of H-pyrrole nitrogens is 1. The van der Waals surface area contributed by atoms with E-state index in [1.807, 2.05) is 0 Å². The molecule has 0 radical (unpaired) electrons. The van der Waals surface area contributed by atoms with E-state index in [4.69, 9.17) is 0 Å². The molecule has 2 bridgehead atoms. The third-order valence-electron chi connectivity index (χ3n) is 6.45. The summed E-state index contributed by atoms with van der Waals surface area (Å²) >= 11 is 1.30. The van der Waals surface area contributed by atoms with E-state index in [9.17, 15) is 4.39 Å². The van der Waals surface area contributed by atoms with E-state index in [2.05, 4.69) is 35.2 Å². The predicted octanol–water partition coefficient (Wildman–Crippen LogP) is 4.81. The van der Waals surface area contributed by atoms with Gasteiger partial charge >= 0.3 is 0 Å². The second-order valence-electron chi connectivity index (χ2n) is 8.26. The fourth-order valence-corrected chi connectivity index (χ4v) is 5.54. The Kier molecular flexibility index (Phi) is 4.41. The van der Waals surface area contributed by atoms with Gasteiger partial charge in [0.05, 0.1) is 11.8 Å². The number of aromatic nitrogens is 6. The first kappa shape index (κ1) is 18.7. The number of rotatable bonds is 4. The Bertz CT molecular complexity index is 1250. The SMILES string of the molecule is Fc1cnc2[nH]cc(-c3nc(N[C@@H]4CC5CCC4CC5)c(F)c(-c4nccs4)n3)c2n1. The minimum atomic E-state index is -0.702. The van der Waals surface area contributed by atoms with Crippen molar-refractivity contribution in [2.75, 3.05) is 5.32 Å². The van der Waals surface area contributed by atoms with E-state index in [0.717, 1.165) is 12.6 Å². The smallest absolute Gasteiger partial charge is 0.232 e. The average molecular weight is 439 g/mol. The van der Waals surface area contributed by atoms with Crippen molar-refractivity contribution in [3.05, 3.63) is 35.7 Å². The highest BCUT2D eigenvalue weighted by atomic mass is 32.1. The fraction of sp³-hybridized carbons (Fsp3) is 0.381. The number of thiazole rings is 1. The van der Waals surface area contributed by atoms with Crippen molar-refractivity contribution in [3.8, 4) is 22.1 Å². The summed E-state index contributed by atoms with van der Waals surface area (Å²) in [7, 11) is 0. The zero-order chi connectivity index (χ0) is 20.9. The minimum Gasteiger partial charge on any atom is -0.364 e. The summed E-state index contributed by atoms with van der Waals surface area (Å²) in [6.45, 7) is 0. The number of nitrogens with one attached hydrogen (secondary N) is 2. The number of anilines is 1. The highest BCUT2D eigenvalue weighted by Crippen LogP contribution is 2.43. The summed E-state index contributed by atoms with van der Waals surface area (Å²) < 4.78 is 29.3. The van der Waals surface area contributed by atoms with Crippen molar-refractivity contribution < 1.29 is 8.78 Å². The van der Waals surface area contributed by atoms with Crippen LogP contribution in [-0.2, 0) is 0 Å². The van der Waals surface area contributed by atoms with Gasteiger partial charge in [-0.2, -0.15) is 4.39 Å². The van der Waals surface area contributed by atoms with Gasteiger partial charge in [-0.05, 0) is 31.1 Å². The molecular weight excluding hydrogens is 420 g/mol. The number of hydrogen-bond donors (Lipinski definition) is 2. The van der Waals surface area contributed by atoms with Gasteiger partial charge in [0, 0.05) is 23.8 Å². The molecule has 0 spiro atoms. The Labute approximate surface area is 180 Å². The number of aromatic amines is 1. The highest BCUT2D eigenvalue weighted by Gasteiger charge is 2.36. The molecule has 0 unspecified atom stereocenters. The van der Waals surface area contributed by atoms with E-state index < -0.39 is 11.8 Å². The zero-order valence-corrected chi connectivity index (χ0v) is 17.3. The van der Waals surface area contributed by atoms with Gasteiger partial charge in [0.1, 0.15) is 16.2 Å². The summed E-state index contributed by atoms with van der Waals surface area (Å²) in [4.78, 5) is 24.1. The van der Waals surface area contributed by atoms with Crippen LogP contribution in [0.25, 0.3) is 33.3 Å². The first-order valence-electron chi connectivity index (χ1n) is 10.4. The summed E-state index contributed by atoms with van der Waals surface area (Å²) in [5.41, 5.74) is 1.31. The third-order valence-corrected chi connectivity index (χ3v) is 7.23. The lowest BCUT2D eigenvalue weighted by molar-refractivity contribution is 0.157. The van der Waals surface area contributed by atoms with Crippen LogP contribution in [0.4, 0.5) is 14.6 Å². The number of hydrogen-bond acceptors (Lipinski definition) is 7. The topological polar surface area (TPSA) is 92.3 Å². The average Bonchev–Trinajstić information content (AvgIpc) is 3.46. The van der Waals surface area contributed by atoms with Crippen LogP contribution >= 0.6 is 11.3 Å². The van der Waals surface area contributed by atoms with Crippen LogP contribution in [0.5, 0.6) is 0 Å². The predicted molar refractivity (Wildman–Crippen MR) is 113 cm³/mol. The summed E-state index contributed by atoms with van der Waals surface area (Å²) in [6.07, 6.45) is 10.1. The van der Waals surface area contributed by atoms with Crippen LogP contribution in [0.3, 0.4) is 0 Å². The molecule has 3 fully saturated rings. The molecule has 3 aliphatic rings. The van der Waals surface area contributed by atoms with Crippen molar-refractivity contribution in [1.82, 2.24) is 29.9 Å². The van der Waals surface area contributed by atoms with Crippen molar-refractivity contribution >= 4 is 28.3 Å². The Balaban J connectivity index is 1.47. The molecule has 7 nitrogen and oxygen atoms in total. The van der Waals surface area contributed by atoms with Gasteiger partial charge in [-0.15, -0.1) is 11.3 Å².